The van der Waals surface area contributed by atoms with Crippen molar-refractivity contribution in [3.63, 3.8) is 0 Å². The Morgan fingerprint density at radius 3 is 2.33 bits per heavy atom. The Bertz CT molecular complexity index is 601. The number of benzene rings is 1. The van der Waals surface area contributed by atoms with Gasteiger partial charge in [-0.05, 0) is 31.0 Å². The summed E-state index contributed by atoms with van der Waals surface area (Å²) in [5.41, 5.74) is -1.65. The van der Waals surface area contributed by atoms with E-state index in [0.717, 1.165) is 6.07 Å². The number of sulfonamides is 1. The molecular formula is C12H15F4NO3S. The second kappa shape index (κ2) is 6.29. The van der Waals surface area contributed by atoms with Crippen molar-refractivity contribution in [1.29, 1.82) is 0 Å². The third-order valence-corrected chi connectivity index (χ3v) is 4.59. The summed E-state index contributed by atoms with van der Waals surface area (Å²) in [6.45, 7) is 2.74. The Balaban J connectivity index is 3.16. The zero-order chi connectivity index (χ0) is 16.4. The Labute approximate surface area is 119 Å². The van der Waals surface area contributed by atoms with Crippen LogP contribution in [0.3, 0.4) is 0 Å². The molecule has 0 fully saturated rings. The van der Waals surface area contributed by atoms with Crippen molar-refractivity contribution >= 4 is 10.0 Å². The first-order valence-electron chi connectivity index (χ1n) is 5.99. The van der Waals surface area contributed by atoms with Gasteiger partial charge in [-0.3, -0.25) is 0 Å². The lowest BCUT2D eigenvalue weighted by Crippen LogP contribution is -2.38. The Morgan fingerprint density at radius 2 is 1.86 bits per heavy atom. The lowest BCUT2D eigenvalue weighted by molar-refractivity contribution is -0.140. The second-order valence-electron chi connectivity index (χ2n) is 4.71. The topological polar surface area (TPSA) is 66.4 Å². The summed E-state index contributed by atoms with van der Waals surface area (Å²) in [5.74, 6) is -1.97. The van der Waals surface area contributed by atoms with Crippen LogP contribution in [0.25, 0.3) is 0 Å². The highest BCUT2D eigenvalue weighted by Crippen LogP contribution is 2.32. The average molecular weight is 329 g/mol. The third-order valence-electron chi connectivity index (χ3n) is 3.04. The maximum Gasteiger partial charge on any atom is 0.419 e. The van der Waals surface area contributed by atoms with Crippen LogP contribution in [0.5, 0.6) is 0 Å². The minimum Gasteiger partial charge on any atom is -0.396 e. The quantitative estimate of drug-likeness (QED) is 0.814. The molecule has 2 N–H and O–H groups in total. The van der Waals surface area contributed by atoms with Crippen LogP contribution in [0.15, 0.2) is 23.1 Å². The molecule has 0 aromatic heterocycles. The van der Waals surface area contributed by atoms with E-state index in [1.807, 2.05) is 0 Å². The summed E-state index contributed by atoms with van der Waals surface area (Å²) >= 11 is 0. The second-order valence-corrected chi connectivity index (χ2v) is 6.42. The summed E-state index contributed by atoms with van der Waals surface area (Å²) in [6, 6.07) is 0.758. The fraction of sp³-hybridized carbons (Fsp3) is 0.500. The van der Waals surface area contributed by atoms with Crippen molar-refractivity contribution in [2.45, 2.75) is 31.0 Å². The van der Waals surface area contributed by atoms with Crippen molar-refractivity contribution < 1.29 is 31.1 Å². The molecule has 0 aliphatic heterocycles. The Kier molecular flexibility index (Phi) is 5.35. The predicted molar refractivity (Wildman–Crippen MR) is 67.4 cm³/mol. The molecule has 0 aliphatic carbocycles. The number of nitrogens with one attached hydrogen (secondary N) is 1. The Morgan fingerprint density at radius 1 is 1.29 bits per heavy atom. The van der Waals surface area contributed by atoms with Gasteiger partial charge in [0.1, 0.15) is 5.82 Å². The van der Waals surface area contributed by atoms with Crippen LogP contribution in [0, 0.1) is 11.7 Å². The molecule has 0 bridgehead atoms. The number of hydrogen-bond acceptors (Lipinski definition) is 3. The van der Waals surface area contributed by atoms with E-state index in [9.17, 15) is 26.0 Å². The highest BCUT2D eigenvalue weighted by atomic mass is 32.2. The van der Waals surface area contributed by atoms with E-state index in [4.69, 9.17) is 5.11 Å². The number of aliphatic hydroxyl groups excluding tert-OH is 1. The molecule has 0 saturated carbocycles. The average Bonchev–Trinajstić information content (AvgIpc) is 2.35. The van der Waals surface area contributed by atoms with Crippen LogP contribution in [0.4, 0.5) is 17.6 Å². The number of alkyl halides is 3. The van der Waals surface area contributed by atoms with Crippen molar-refractivity contribution in [3.05, 3.63) is 29.6 Å². The predicted octanol–water partition coefficient (Wildman–Crippen LogP) is 2.14. The first kappa shape index (κ1) is 17.9. The van der Waals surface area contributed by atoms with Crippen LogP contribution in [0.2, 0.25) is 0 Å². The van der Waals surface area contributed by atoms with Gasteiger partial charge >= 0.3 is 6.18 Å². The lowest BCUT2D eigenvalue weighted by atomic mass is 10.1. The number of hydrogen-bond donors (Lipinski definition) is 2. The van der Waals surface area contributed by atoms with Gasteiger partial charge in [-0.25, -0.2) is 17.5 Å². The molecule has 1 aromatic rings. The molecule has 21 heavy (non-hydrogen) atoms. The lowest BCUT2D eigenvalue weighted by Gasteiger charge is -2.19. The number of aliphatic hydroxyl groups is 1. The fourth-order valence-corrected chi connectivity index (χ4v) is 2.85. The third kappa shape index (κ3) is 4.39. The highest BCUT2D eigenvalue weighted by molar-refractivity contribution is 7.89. The van der Waals surface area contributed by atoms with Crippen LogP contribution in [0.1, 0.15) is 19.4 Å². The van der Waals surface area contributed by atoms with Crippen molar-refractivity contribution in [3.8, 4) is 0 Å². The van der Waals surface area contributed by atoms with Gasteiger partial charge in [0.05, 0.1) is 10.5 Å². The zero-order valence-corrected chi connectivity index (χ0v) is 12.1. The van der Waals surface area contributed by atoms with E-state index < -0.39 is 44.4 Å². The number of rotatable bonds is 5. The van der Waals surface area contributed by atoms with Crippen LogP contribution in [-0.2, 0) is 16.2 Å². The maximum atomic E-state index is 13.1. The summed E-state index contributed by atoms with van der Waals surface area (Å²) in [7, 11) is -4.24. The van der Waals surface area contributed by atoms with E-state index in [1.165, 1.54) is 6.92 Å². The summed E-state index contributed by atoms with van der Waals surface area (Å²) in [5, 5.41) is 8.93. The molecule has 0 amide bonds. The molecule has 0 aliphatic rings. The van der Waals surface area contributed by atoms with Gasteiger partial charge in [0.2, 0.25) is 10.0 Å². The van der Waals surface area contributed by atoms with Crippen LogP contribution < -0.4 is 4.72 Å². The molecule has 0 radical (unpaired) electrons. The molecule has 2 atom stereocenters. The van der Waals surface area contributed by atoms with Gasteiger partial charge in [-0.15, -0.1) is 0 Å². The Hall–Kier alpha value is -1.19. The van der Waals surface area contributed by atoms with Gasteiger partial charge in [0, 0.05) is 12.6 Å². The molecule has 1 rings (SSSR count). The molecule has 120 valence electrons. The standard InChI is InChI=1S/C12H15F4NO3S/c1-7(6-18)8(2)17-21(19,20)9-3-4-11(13)10(5-9)12(14,15)16/h3-5,7-8,17-18H,6H2,1-2H3. The molecule has 1 aromatic carbocycles. The number of halogens is 4. The van der Waals surface area contributed by atoms with Crippen molar-refractivity contribution in [1.82, 2.24) is 4.72 Å². The van der Waals surface area contributed by atoms with Crippen LogP contribution >= 0.6 is 0 Å². The van der Waals surface area contributed by atoms with Gasteiger partial charge in [0.15, 0.2) is 0 Å². The molecule has 0 saturated heterocycles. The molecular weight excluding hydrogens is 314 g/mol. The fourth-order valence-electron chi connectivity index (χ4n) is 1.48. The summed E-state index contributed by atoms with van der Waals surface area (Å²) in [4.78, 5) is -0.687. The SMILES string of the molecule is CC(CO)C(C)NS(=O)(=O)c1ccc(F)c(C(F)(F)F)c1. The van der Waals surface area contributed by atoms with E-state index in [0.29, 0.717) is 6.07 Å². The van der Waals surface area contributed by atoms with Crippen LogP contribution in [-0.4, -0.2) is 26.2 Å². The van der Waals surface area contributed by atoms with Crippen molar-refractivity contribution in [2.24, 2.45) is 5.92 Å². The largest absolute Gasteiger partial charge is 0.419 e. The van der Waals surface area contributed by atoms with Gasteiger partial charge in [-0.2, -0.15) is 13.2 Å². The molecule has 9 heteroatoms. The summed E-state index contributed by atoms with van der Waals surface area (Å²) < 4.78 is 76.9. The molecule has 0 heterocycles. The maximum absolute atomic E-state index is 13.1. The minimum absolute atomic E-state index is 0.244. The molecule has 4 nitrogen and oxygen atoms in total. The first-order chi connectivity index (χ1) is 9.49. The monoisotopic (exact) mass is 329 g/mol. The van der Waals surface area contributed by atoms with E-state index in [-0.39, 0.29) is 12.7 Å². The van der Waals surface area contributed by atoms with Crippen molar-refractivity contribution in [2.75, 3.05) is 6.61 Å². The summed E-state index contributed by atoms with van der Waals surface area (Å²) in [6.07, 6.45) is -4.99. The van der Waals surface area contributed by atoms with Gasteiger partial charge in [-0.1, -0.05) is 6.92 Å². The molecule has 0 spiro atoms. The zero-order valence-electron chi connectivity index (χ0n) is 11.3. The minimum atomic E-state index is -4.99. The molecule has 2 unspecified atom stereocenters. The first-order valence-corrected chi connectivity index (χ1v) is 7.47. The smallest absolute Gasteiger partial charge is 0.396 e. The van der Waals surface area contributed by atoms with E-state index >= 15 is 0 Å². The van der Waals surface area contributed by atoms with E-state index in [2.05, 4.69) is 4.72 Å². The van der Waals surface area contributed by atoms with E-state index in [1.54, 1.807) is 6.92 Å². The van der Waals surface area contributed by atoms with Gasteiger partial charge in [0.25, 0.3) is 0 Å². The highest BCUT2D eigenvalue weighted by Gasteiger charge is 2.35. The van der Waals surface area contributed by atoms with Gasteiger partial charge < -0.3 is 5.11 Å². The normalized spacial score (nSPS) is 15.8.